The topological polar surface area (TPSA) is 46.6 Å². The highest BCUT2D eigenvalue weighted by Crippen LogP contribution is 2.34. The fourth-order valence-corrected chi connectivity index (χ4v) is 3.09. The number of carbonyl (C=O) groups excluding carboxylic acids is 2. The van der Waals surface area contributed by atoms with E-state index in [0.717, 1.165) is 11.1 Å². The van der Waals surface area contributed by atoms with E-state index < -0.39 is 12.0 Å². The first kappa shape index (κ1) is 17.7. The van der Waals surface area contributed by atoms with Crippen molar-refractivity contribution in [3.8, 4) is 0 Å². The molecule has 0 aliphatic carbocycles. The largest absolute Gasteiger partial charge is 0.463 e. The number of ether oxygens (including phenoxy) is 1. The normalized spacial score (nSPS) is 18.6. The van der Waals surface area contributed by atoms with Crippen LogP contribution in [-0.4, -0.2) is 30.4 Å². The van der Waals surface area contributed by atoms with Crippen LogP contribution >= 0.6 is 0 Å². The summed E-state index contributed by atoms with van der Waals surface area (Å²) < 4.78 is 5.24. The van der Waals surface area contributed by atoms with E-state index in [0.29, 0.717) is 11.1 Å². The van der Waals surface area contributed by atoms with Gasteiger partial charge < -0.3 is 9.64 Å². The summed E-state index contributed by atoms with van der Waals surface area (Å²) in [6.45, 7) is 2.06. The van der Waals surface area contributed by atoms with Gasteiger partial charge in [0.15, 0.2) is 0 Å². The zero-order valence-electron chi connectivity index (χ0n) is 14.9. The molecule has 0 unspecified atom stereocenters. The molecule has 132 valence electrons. The first-order chi connectivity index (χ1) is 12.6. The quantitative estimate of drug-likeness (QED) is 0.625. The monoisotopic (exact) mass is 347 g/mol. The van der Waals surface area contributed by atoms with Crippen LogP contribution in [-0.2, 0) is 14.3 Å². The van der Waals surface area contributed by atoms with Gasteiger partial charge in [-0.15, -0.1) is 0 Å². The molecule has 0 bridgehead atoms. The Morgan fingerprint density at radius 1 is 1.08 bits per heavy atom. The van der Waals surface area contributed by atoms with Gasteiger partial charge in [0.2, 0.25) is 0 Å². The minimum absolute atomic E-state index is 0.129. The molecule has 0 saturated heterocycles. The van der Waals surface area contributed by atoms with E-state index >= 15 is 0 Å². The second kappa shape index (κ2) is 7.83. The third-order valence-electron chi connectivity index (χ3n) is 4.31. The molecule has 1 atom stereocenters. The number of carbonyl (C=O) groups is 2. The van der Waals surface area contributed by atoms with Crippen molar-refractivity contribution in [1.82, 2.24) is 4.90 Å². The number of benzene rings is 2. The molecule has 1 amide bonds. The molecule has 4 nitrogen and oxygen atoms in total. The lowest BCUT2D eigenvalue weighted by atomic mass is 9.90. The van der Waals surface area contributed by atoms with Crippen molar-refractivity contribution in [1.29, 1.82) is 0 Å². The molecule has 2 aromatic rings. The van der Waals surface area contributed by atoms with Gasteiger partial charge in [0, 0.05) is 12.6 Å². The number of nitrogens with zero attached hydrogens (tertiary/aromatic N) is 1. The van der Waals surface area contributed by atoms with Crippen molar-refractivity contribution in [2.75, 3.05) is 13.7 Å². The Hall–Kier alpha value is -3.14. The number of likely N-dealkylation sites (N-methyl/N-ethyl adjacent to an activating group) is 1. The molecular weight excluding hydrogens is 326 g/mol. The minimum Gasteiger partial charge on any atom is -0.463 e. The van der Waals surface area contributed by atoms with Crippen molar-refractivity contribution in [3.05, 3.63) is 89.0 Å². The van der Waals surface area contributed by atoms with Crippen LogP contribution in [0.4, 0.5) is 0 Å². The van der Waals surface area contributed by atoms with E-state index in [1.54, 1.807) is 31.0 Å². The predicted molar refractivity (Wildman–Crippen MR) is 101 cm³/mol. The number of amides is 1. The smallest absolute Gasteiger partial charge is 0.336 e. The molecule has 0 N–H and O–H groups in total. The molecule has 0 aromatic heterocycles. The molecule has 0 radical (unpaired) electrons. The second-order valence-electron chi connectivity index (χ2n) is 6.06. The van der Waals surface area contributed by atoms with Gasteiger partial charge in [0.25, 0.3) is 5.91 Å². The molecule has 0 fully saturated rings. The molecular formula is C22H21NO3. The Morgan fingerprint density at radius 2 is 1.69 bits per heavy atom. The van der Waals surface area contributed by atoms with E-state index in [4.69, 9.17) is 4.74 Å². The highest BCUT2D eigenvalue weighted by atomic mass is 16.5. The summed E-state index contributed by atoms with van der Waals surface area (Å²) >= 11 is 0. The Morgan fingerprint density at radius 3 is 2.31 bits per heavy atom. The fraction of sp³-hybridized carbons (Fsp3) is 0.182. The first-order valence-corrected chi connectivity index (χ1v) is 8.59. The van der Waals surface area contributed by atoms with Crippen LogP contribution in [0.25, 0.3) is 6.08 Å². The summed E-state index contributed by atoms with van der Waals surface area (Å²) in [6, 6.07) is 18.6. The number of hydrogen-bond donors (Lipinski definition) is 0. The number of esters is 1. The lowest BCUT2D eigenvalue weighted by Gasteiger charge is -2.34. The van der Waals surface area contributed by atoms with E-state index in [-0.39, 0.29) is 12.5 Å². The maximum Gasteiger partial charge on any atom is 0.336 e. The van der Waals surface area contributed by atoms with E-state index in [1.165, 1.54) is 0 Å². The van der Waals surface area contributed by atoms with Crippen LogP contribution < -0.4 is 0 Å². The maximum atomic E-state index is 12.9. The molecule has 2 aromatic carbocycles. The summed E-state index contributed by atoms with van der Waals surface area (Å²) in [5.41, 5.74) is 2.71. The average Bonchev–Trinajstić information content (AvgIpc) is 2.67. The van der Waals surface area contributed by atoms with Gasteiger partial charge in [-0.3, -0.25) is 4.79 Å². The van der Waals surface area contributed by atoms with Crippen molar-refractivity contribution >= 4 is 18.0 Å². The van der Waals surface area contributed by atoms with Crippen molar-refractivity contribution in [2.45, 2.75) is 13.0 Å². The van der Waals surface area contributed by atoms with Gasteiger partial charge in [-0.2, -0.15) is 0 Å². The summed E-state index contributed by atoms with van der Waals surface area (Å²) in [5.74, 6) is -0.532. The summed E-state index contributed by atoms with van der Waals surface area (Å²) in [6.07, 6.45) is 3.45. The lowest BCUT2D eigenvalue weighted by Crippen LogP contribution is -2.38. The molecule has 1 aliphatic rings. The standard InChI is InChI=1S/C22H21NO3/c1-3-26-22(25)19-15-18(14-16-10-6-4-7-11-16)21(24)23(2)20(19)17-12-8-5-9-13-17/h4-15,20H,3H2,1-2H3/b18-14+/t20-/m1/s1. The van der Waals surface area contributed by atoms with Crippen molar-refractivity contribution in [2.24, 2.45) is 0 Å². The van der Waals surface area contributed by atoms with Crippen LogP contribution in [0.5, 0.6) is 0 Å². The van der Waals surface area contributed by atoms with E-state index in [1.807, 2.05) is 60.7 Å². The van der Waals surface area contributed by atoms with Gasteiger partial charge in [0.1, 0.15) is 0 Å². The lowest BCUT2D eigenvalue weighted by molar-refractivity contribution is -0.140. The van der Waals surface area contributed by atoms with E-state index in [2.05, 4.69) is 0 Å². The first-order valence-electron chi connectivity index (χ1n) is 8.59. The van der Waals surface area contributed by atoms with E-state index in [9.17, 15) is 9.59 Å². The molecule has 0 spiro atoms. The van der Waals surface area contributed by atoms with Crippen LogP contribution in [0.3, 0.4) is 0 Å². The summed E-state index contributed by atoms with van der Waals surface area (Å²) in [5, 5.41) is 0. The van der Waals surface area contributed by atoms with Crippen molar-refractivity contribution in [3.63, 3.8) is 0 Å². The molecule has 4 heteroatoms. The fourth-order valence-electron chi connectivity index (χ4n) is 3.09. The highest BCUT2D eigenvalue weighted by molar-refractivity contribution is 6.06. The molecule has 3 rings (SSSR count). The Bertz CT molecular complexity index is 853. The van der Waals surface area contributed by atoms with Gasteiger partial charge >= 0.3 is 5.97 Å². The maximum absolute atomic E-state index is 12.9. The summed E-state index contributed by atoms with van der Waals surface area (Å²) in [7, 11) is 1.71. The minimum atomic E-state index is -0.462. The highest BCUT2D eigenvalue weighted by Gasteiger charge is 2.35. The SMILES string of the molecule is CCOC(=O)C1=C/C(=C\c2ccccc2)C(=O)N(C)[C@@H]1c1ccccc1. The Balaban J connectivity index is 2.10. The third-order valence-corrected chi connectivity index (χ3v) is 4.31. The zero-order chi connectivity index (χ0) is 18.5. The Labute approximate surface area is 153 Å². The average molecular weight is 347 g/mol. The predicted octanol–water partition coefficient (Wildman–Crippen LogP) is 3.77. The third kappa shape index (κ3) is 3.59. The molecule has 1 aliphatic heterocycles. The van der Waals surface area contributed by atoms with Crippen molar-refractivity contribution < 1.29 is 14.3 Å². The number of rotatable bonds is 4. The molecule has 0 saturated carbocycles. The van der Waals surface area contributed by atoms with Gasteiger partial charge in [0.05, 0.1) is 18.2 Å². The van der Waals surface area contributed by atoms with Crippen LogP contribution in [0.2, 0.25) is 0 Å². The summed E-state index contributed by atoms with van der Waals surface area (Å²) in [4.78, 5) is 27.1. The van der Waals surface area contributed by atoms with Crippen LogP contribution in [0.15, 0.2) is 77.9 Å². The van der Waals surface area contributed by atoms with Gasteiger partial charge in [-0.05, 0) is 30.2 Å². The molecule has 26 heavy (non-hydrogen) atoms. The van der Waals surface area contributed by atoms with Gasteiger partial charge in [-0.1, -0.05) is 60.7 Å². The second-order valence-corrected chi connectivity index (χ2v) is 6.06. The van der Waals surface area contributed by atoms with Crippen LogP contribution in [0, 0.1) is 0 Å². The zero-order valence-corrected chi connectivity index (χ0v) is 14.9. The van der Waals surface area contributed by atoms with Crippen LogP contribution in [0.1, 0.15) is 24.1 Å². The molecule has 1 heterocycles. The Kier molecular flexibility index (Phi) is 5.32. The van der Waals surface area contributed by atoms with Gasteiger partial charge in [-0.25, -0.2) is 4.79 Å². The number of hydrogen-bond acceptors (Lipinski definition) is 3.